The Morgan fingerprint density at radius 3 is 2.58 bits per heavy atom. The molecular weight excluding hydrogens is 410 g/mol. The maximum Gasteiger partial charge on any atom is 0.236 e. The molecule has 1 fully saturated rings. The van der Waals surface area contributed by atoms with Crippen molar-refractivity contribution in [2.45, 2.75) is 45.6 Å². The van der Waals surface area contributed by atoms with Crippen LogP contribution in [0.3, 0.4) is 0 Å². The van der Waals surface area contributed by atoms with Crippen LogP contribution in [-0.2, 0) is 4.79 Å². The van der Waals surface area contributed by atoms with E-state index in [2.05, 4.69) is 71.5 Å². The van der Waals surface area contributed by atoms with Crippen molar-refractivity contribution in [1.82, 2.24) is 19.8 Å². The zero-order chi connectivity index (χ0) is 23.5. The molecule has 1 amide bonds. The third-order valence-electron chi connectivity index (χ3n) is 6.64. The number of likely N-dealkylation sites (N-methyl/N-ethyl adjacent to an activating group) is 1. The van der Waals surface area contributed by atoms with Gasteiger partial charge in [0.2, 0.25) is 5.91 Å². The van der Waals surface area contributed by atoms with Gasteiger partial charge in [0, 0.05) is 25.5 Å². The third kappa shape index (κ3) is 5.50. The molecule has 0 radical (unpaired) electrons. The van der Waals surface area contributed by atoms with E-state index >= 15 is 0 Å². The molecule has 1 N–H and O–H groups in total. The highest BCUT2D eigenvalue weighted by molar-refractivity contribution is 5.90. The molecule has 4 rings (SSSR count). The van der Waals surface area contributed by atoms with E-state index in [1.807, 2.05) is 21.0 Å². The van der Waals surface area contributed by atoms with Crippen LogP contribution in [-0.4, -0.2) is 59.4 Å². The lowest BCUT2D eigenvalue weighted by molar-refractivity contribution is -0.130. The van der Waals surface area contributed by atoms with Crippen molar-refractivity contribution >= 4 is 22.6 Å². The first-order valence-corrected chi connectivity index (χ1v) is 11.8. The molecule has 1 aliphatic rings. The van der Waals surface area contributed by atoms with Crippen molar-refractivity contribution < 1.29 is 4.79 Å². The molecule has 0 aliphatic carbocycles. The van der Waals surface area contributed by atoms with Gasteiger partial charge in [-0.05, 0) is 75.9 Å². The number of piperidine rings is 1. The summed E-state index contributed by atoms with van der Waals surface area (Å²) >= 11 is 0. The summed E-state index contributed by atoms with van der Waals surface area (Å²) in [6.45, 7) is 8.64. The van der Waals surface area contributed by atoms with Crippen LogP contribution in [0.4, 0.5) is 5.82 Å². The molecule has 1 saturated heterocycles. The number of amides is 1. The second kappa shape index (κ2) is 9.87. The molecule has 174 valence electrons. The standard InChI is InChI=1S/C27H35N5O/c1-18-7-6-8-22(15-18)19(2)28-27-24-16-23(9-10-25(24)29-20(3)30-27)21-11-13-32(14-12-21)17-26(33)31(4)5/h6-10,15-16,19,21H,11-14,17H2,1-5H3,(H,28,29,30)/t19-/m1/s1. The quantitative estimate of drug-likeness (QED) is 0.597. The van der Waals surface area contributed by atoms with Gasteiger partial charge < -0.3 is 10.2 Å². The van der Waals surface area contributed by atoms with Crippen molar-refractivity contribution in [3.05, 3.63) is 65.0 Å². The van der Waals surface area contributed by atoms with Crippen LogP contribution in [0.25, 0.3) is 10.9 Å². The van der Waals surface area contributed by atoms with Gasteiger partial charge in [0.25, 0.3) is 0 Å². The van der Waals surface area contributed by atoms with Crippen LogP contribution >= 0.6 is 0 Å². The minimum atomic E-state index is 0.142. The number of likely N-dealkylation sites (tertiary alicyclic amines) is 1. The third-order valence-corrected chi connectivity index (χ3v) is 6.64. The zero-order valence-corrected chi connectivity index (χ0v) is 20.4. The van der Waals surface area contributed by atoms with Gasteiger partial charge in [0.1, 0.15) is 11.6 Å². The molecule has 0 spiro atoms. The number of aryl methyl sites for hydroxylation is 2. The Labute approximate surface area is 197 Å². The molecular formula is C27H35N5O. The Kier molecular flexibility index (Phi) is 6.94. The summed E-state index contributed by atoms with van der Waals surface area (Å²) < 4.78 is 0. The topological polar surface area (TPSA) is 61.4 Å². The second-order valence-corrected chi connectivity index (χ2v) is 9.51. The number of carbonyl (C=O) groups is 1. The summed E-state index contributed by atoms with van der Waals surface area (Å²) in [5, 5.41) is 4.71. The molecule has 6 nitrogen and oxygen atoms in total. The van der Waals surface area contributed by atoms with E-state index in [0.717, 1.165) is 48.5 Å². The molecule has 0 saturated carbocycles. The lowest BCUT2D eigenvalue weighted by Crippen LogP contribution is -2.40. The van der Waals surface area contributed by atoms with E-state index in [0.29, 0.717) is 12.5 Å². The van der Waals surface area contributed by atoms with E-state index in [9.17, 15) is 4.79 Å². The lowest BCUT2D eigenvalue weighted by Gasteiger charge is -2.32. The van der Waals surface area contributed by atoms with Crippen molar-refractivity contribution in [2.75, 3.05) is 39.0 Å². The van der Waals surface area contributed by atoms with Crippen molar-refractivity contribution in [3.63, 3.8) is 0 Å². The molecule has 3 aromatic rings. The number of rotatable bonds is 6. The molecule has 1 aliphatic heterocycles. The number of hydrogen-bond donors (Lipinski definition) is 1. The van der Waals surface area contributed by atoms with Crippen molar-refractivity contribution in [3.8, 4) is 0 Å². The Morgan fingerprint density at radius 1 is 1.12 bits per heavy atom. The van der Waals surface area contributed by atoms with Gasteiger partial charge in [-0.25, -0.2) is 9.97 Å². The SMILES string of the molecule is Cc1cccc([C@@H](C)Nc2nc(C)nc3ccc(C4CCN(CC(=O)N(C)C)CC4)cc23)c1. The minimum Gasteiger partial charge on any atom is -0.363 e. The van der Waals surface area contributed by atoms with Crippen LogP contribution in [0.2, 0.25) is 0 Å². The number of benzene rings is 2. The highest BCUT2D eigenvalue weighted by Crippen LogP contribution is 2.32. The van der Waals surface area contributed by atoms with Crippen LogP contribution in [0.1, 0.15) is 54.2 Å². The van der Waals surface area contributed by atoms with Crippen molar-refractivity contribution in [1.29, 1.82) is 0 Å². The van der Waals surface area contributed by atoms with Gasteiger partial charge >= 0.3 is 0 Å². The number of nitrogens with one attached hydrogen (secondary N) is 1. The van der Waals surface area contributed by atoms with Gasteiger partial charge in [-0.2, -0.15) is 0 Å². The summed E-state index contributed by atoms with van der Waals surface area (Å²) in [4.78, 5) is 25.4. The normalized spacial score (nSPS) is 16.0. The Morgan fingerprint density at radius 2 is 1.88 bits per heavy atom. The lowest BCUT2D eigenvalue weighted by atomic mass is 9.88. The summed E-state index contributed by atoms with van der Waals surface area (Å²) in [5.41, 5.74) is 4.81. The second-order valence-electron chi connectivity index (χ2n) is 9.51. The van der Waals surface area contributed by atoms with E-state index in [1.54, 1.807) is 4.90 Å². The fraction of sp³-hybridized carbons (Fsp3) is 0.444. The van der Waals surface area contributed by atoms with Gasteiger partial charge in [0.05, 0.1) is 12.1 Å². The number of nitrogens with zero attached hydrogens (tertiary/aromatic N) is 4. The van der Waals surface area contributed by atoms with Gasteiger partial charge in [0.15, 0.2) is 0 Å². The number of aromatic nitrogens is 2. The number of hydrogen-bond acceptors (Lipinski definition) is 5. The molecule has 2 aromatic carbocycles. The first kappa shape index (κ1) is 23.2. The van der Waals surface area contributed by atoms with Gasteiger partial charge in [-0.1, -0.05) is 35.9 Å². The first-order chi connectivity index (χ1) is 15.8. The Bertz CT molecular complexity index is 1130. The molecule has 1 aromatic heterocycles. The van der Waals surface area contributed by atoms with E-state index in [1.165, 1.54) is 16.7 Å². The highest BCUT2D eigenvalue weighted by atomic mass is 16.2. The molecule has 0 bridgehead atoms. The summed E-state index contributed by atoms with van der Waals surface area (Å²) in [6.07, 6.45) is 2.11. The van der Waals surface area contributed by atoms with E-state index < -0.39 is 0 Å². The van der Waals surface area contributed by atoms with Crippen LogP contribution in [0, 0.1) is 13.8 Å². The highest BCUT2D eigenvalue weighted by Gasteiger charge is 2.23. The number of fused-ring (bicyclic) bond motifs is 1. The maximum absolute atomic E-state index is 12.0. The zero-order valence-electron chi connectivity index (χ0n) is 20.4. The monoisotopic (exact) mass is 445 g/mol. The molecule has 2 heterocycles. The molecule has 1 atom stereocenters. The van der Waals surface area contributed by atoms with Crippen molar-refractivity contribution in [2.24, 2.45) is 0 Å². The van der Waals surface area contributed by atoms with E-state index in [-0.39, 0.29) is 11.9 Å². The summed E-state index contributed by atoms with van der Waals surface area (Å²) in [7, 11) is 3.64. The predicted octanol–water partition coefficient (Wildman–Crippen LogP) is 4.69. The number of carbonyl (C=O) groups excluding carboxylic acids is 1. The largest absolute Gasteiger partial charge is 0.363 e. The smallest absolute Gasteiger partial charge is 0.236 e. The summed E-state index contributed by atoms with van der Waals surface area (Å²) in [6, 6.07) is 15.3. The Balaban J connectivity index is 1.53. The fourth-order valence-corrected chi connectivity index (χ4v) is 4.61. The average molecular weight is 446 g/mol. The Hall–Kier alpha value is -2.99. The molecule has 33 heavy (non-hydrogen) atoms. The number of anilines is 1. The molecule has 6 heteroatoms. The van der Waals surface area contributed by atoms with Crippen LogP contribution in [0.15, 0.2) is 42.5 Å². The van der Waals surface area contributed by atoms with Crippen LogP contribution < -0.4 is 5.32 Å². The minimum absolute atomic E-state index is 0.142. The first-order valence-electron chi connectivity index (χ1n) is 11.8. The predicted molar refractivity (Wildman–Crippen MR) is 135 cm³/mol. The maximum atomic E-state index is 12.0. The molecule has 0 unspecified atom stereocenters. The van der Waals surface area contributed by atoms with E-state index in [4.69, 9.17) is 4.98 Å². The van der Waals surface area contributed by atoms with Crippen LogP contribution in [0.5, 0.6) is 0 Å². The fourth-order valence-electron chi connectivity index (χ4n) is 4.61. The summed E-state index contributed by atoms with van der Waals surface area (Å²) in [5.74, 6) is 2.32. The average Bonchev–Trinajstić information content (AvgIpc) is 2.79. The van der Waals surface area contributed by atoms with Gasteiger partial charge in [-0.15, -0.1) is 0 Å². The van der Waals surface area contributed by atoms with Gasteiger partial charge in [-0.3, -0.25) is 9.69 Å².